The summed E-state index contributed by atoms with van der Waals surface area (Å²) < 4.78 is 10.4. The van der Waals surface area contributed by atoms with Crippen molar-refractivity contribution in [3.05, 3.63) is 83.4 Å². The second kappa shape index (κ2) is 8.80. The second-order valence-electron chi connectivity index (χ2n) is 5.97. The summed E-state index contributed by atoms with van der Waals surface area (Å²) >= 11 is 0. The van der Waals surface area contributed by atoms with Crippen molar-refractivity contribution in [3.63, 3.8) is 0 Å². The number of amides is 2. The number of hydrogen-bond donors (Lipinski definition) is 0. The van der Waals surface area contributed by atoms with Gasteiger partial charge in [-0.3, -0.25) is 4.79 Å². The van der Waals surface area contributed by atoms with Gasteiger partial charge >= 0.3 is 12.1 Å². The topological polar surface area (TPSA) is 72.9 Å². The molecule has 0 unspecified atom stereocenters. The molecule has 0 spiro atoms. The molecule has 0 aromatic heterocycles. The van der Waals surface area contributed by atoms with Gasteiger partial charge in [0.1, 0.15) is 18.8 Å². The molecule has 6 heteroatoms. The Bertz CT molecular complexity index is 845. The smallest absolute Gasteiger partial charge is 0.417 e. The summed E-state index contributed by atoms with van der Waals surface area (Å²) in [5.74, 6) is -1.44. The zero-order valence-corrected chi connectivity index (χ0v) is 14.7. The number of carbonyl (C=O) groups excluding carboxylic acids is 3. The first-order chi connectivity index (χ1) is 13.1. The number of rotatable bonds is 5. The van der Waals surface area contributed by atoms with Crippen molar-refractivity contribution in [2.75, 3.05) is 6.54 Å². The molecule has 0 radical (unpaired) electrons. The molecule has 27 heavy (non-hydrogen) atoms. The minimum absolute atomic E-state index is 0.0565. The van der Waals surface area contributed by atoms with Crippen molar-refractivity contribution in [2.24, 2.45) is 0 Å². The van der Waals surface area contributed by atoms with E-state index in [0.717, 1.165) is 16.0 Å². The molecule has 138 valence electrons. The predicted octanol–water partition coefficient (Wildman–Crippen LogP) is 3.23. The molecule has 2 amide bonds. The molecule has 1 heterocycles. The van der Waals surface area contributed by atoms with E-state index in [1.54, 1.807) is 0 Å². The predicted molar refractivity (Wildman–Crippen MR) is 97.3 cm³/mol. The average molecular weight is 365 g/mol. The molecule has 1 aliphatic heterocycles. The van der Waals surface area contributed by atoms with Crippen LogP contribution in [0.3, 0.4) is 0 Å². The van der Waals surface area contributed by atoms with Gasteiger partial charge < -0.3 is 9.47 Å². The van der Waals surface area contributed by atoms with Crippen molar-refractivity contribution in [2.45, 2.75) is 19.6 Å². The van der Waals surface area contributed by atoms with Crippen LogP contribution in [0.25, 0.3) is 0 Å². The largest absolute Gasteiger partial charge is 0.457 e. The van der Waals surface area contributed by atoms with Crippen molar-refractivity contribution in [1.29, 1.82) is 0 Å². The number of nitrogens with zero attached hydrogens (tertiary/aromatic N) is 1. The van der Waals surface area contributed by atoms with Crippen LogP contribution in [-0.4, -0.2) is 29.4 Å². The summed E-state index contributed by atoms with van der Waals surface area (Å²) in [4.78, 5) is 37.9. The molecule has 2 aromatic rings. The Balaban J connectivity index is 1.56. The Morgan fingerprint density at radius 1 is 0.852 bits per heavy atom. The van der Waals surface area contributed by atoms with Gasteiger partial charge in [0, 0.05) is 6.54 Å². The molecular weight excluding hydrogens is 346 g/mol. The van der Waals surface area contributed by atoms with E-state index in [9.17, 15) is 14.4 Å². The molecule has 0 saturated heterocycles. The lowest BCUT2D eigenvalue weighted by Crippen LogP contribution is -2.42. The van der Waals surface area contributed by atoms with Crippen LogP contribution in [0, 0.1) is 0 Å². The van der Waals surface area contributed by atoms with Gasteiger partial charge in [-0.05, 0) is 17.5 Å². The third-order valence-electron chi connectivity index (χ3n) is 4.03. The summed E-state index contributed by atoms with van der Waals surface area (Å²) in [5.41, 5.74) is 1.48. The van der Waals surface area contributed by atoms with E-state index < -0.39 is 18.0 Å². The normalized spacial score (nSPS) is 13.7. The summed E-state index contributed by atoms with van der Waals surface area (Å²) in [6.07, 6.45) is 1.10. The molecule has 0 atom stereocenters. The van der Waals surface area contributed by atoms with Gasteiger partial charge in [0.2, 0.25) is 0 Å². The third-order valence-corrected chi connectivity index (χ3v) is 4.03. The Morgan fingerprint density at radius 3 is 2.00 bits per heavy atom. The Kier molecular flexibility index (Phi) is 5.99. The average Bonchev–Trinajstić information content (AvgIpc) is 2.72. The van der Waals surface area contributed by atoms with Crippen molar-refractivity contribution in [3.8, 4) is 0 Å². The van der Waals surface area contributed by atoms with Gasteiger partial charge in [-0.2, -0.15) is 0 Å². The van der Waals surface area contributed by atoms with Crippen LogP contribution >= 0.6 is 0 Å². The summed E-state index contributed by atoms with van der Waals surface area (Å²) in [6.45, 7) is 0.283. The van der Waals surface area contributed by atoms with Crippen LogP contribution < -0.4 is 0 Å². The van der Waals surface area contributed by atoms with E-state index in [4.69, 9.17) is 9.47 Å². The van der Waals surface area contributed by atoms with Crippen LogP contribution in [0.5, 0.6) is 0 Å². The molecule has 0 aliphatic carbocycles. The van der Waals surface area contributed by atoms with Crippen molar-refractivity contribution >= 4 is 18.0 Å². The molecule has 0 saturated carbocycles. The summed E-state index contributed by atoms with van der Waals surface area (Å²) in [5, 5.41) is 0. The van der Waals surface area contributed by atoms with E-state index in [0.29, 0.717) is 6.42 Å². The van der Waals surface area contributed by atoms with E-state index >= 15 is 0 Å². The fraction of sp³-hybridized carbons (Fsp3) is 0.190. The Labute approximate surface area is 157 Å². The number of imide groups is 1. The van der Waals surface area contributed by atoms with Gasteiger partial charge in [0.15, 0.2) is 0 Å². The van der Waals surface area contributed by atoms with E-state index in [1.165, 1.54) is 6.08 Å². The first kappa shape index (κ1) is 18.4. The van der Waals surface area contributed by atoms with Gasteiger partial charge in [0.25, 0.3) is 5.91 Å². The molecule has 0 fully saturated rings. The number of esters is 1. The van der Waals surface area contributed by atoms with Crippen molar-refractivity contribution in [1.82, 2.24) is 4.90 Å². The van der Waals surface area contributed by atoms with Gasteiger partial charge in [-0.25, -0.2) is 14.5 Å². The quantitative estimate of drug-likeness (QED) is 0.601. The maximum atomic E-state index is 12.5. The molecule has 3 rings (SSSR count). The number of carbonyl (C=O) groups is 3. The number of ether oxygens (including phenoxy) is 2. The lowest BCUT2D eigenvalue weighted by Gasteiger charge is -2.24. The van der Waals surface area contributed by atoms with Gasteiger partial charge in [0.05, 0.1) is 0 Å². The third kappa shape index (κ3) is 4.82. The number of hydrogen-bond acceptors (Lipinski definition) is 5. The molecule has 0 N–H and O–H groups in total. The monoisotopic (exact) mass is 365 g/mol. The number of benzene rings is 2. The van der Waals surface area contributed by atoms with Gasteiger partial charge in [-0.15, -0.1) is 0 Å². The highest BCUT2D eigenvalue weighted by molar-refractivity contribution is 6.19. The van der Waals surface area contributed by atoms with E-state index in [1.807, 2.05) is 60.7 Å². The zero-order valence-electron chi connectivity index (χ0n) is 14.7. The van der Waals surface area contributed by atoms with Crippen molar-refractivity contribution < 1.29 is 23.9 Å². The van der Waals surface area contributed by atoms with Crippen LogP contribution in [0.4, 0.5) is 4.79 Å². The fourth-order valence-corrected chi connectivity index (χ4v) is 2.62. The minimum Gasteiger partial charge on any atom is -0.457 e. The fourth-order valence-electron chi connectivity index (χ4n) is 2.62. The summed E-state index contributed by atoms with van der Waals surface area (Å²) in [7, 11) is 0. The van der Waals surface area contributed by atoms with Crippen LogP contribution in [0.1, 0.15) is 17.5 Å². The van der Waals surface area contributed by atoms with E-state index in [2.05, 4.69) is 0 Å². The molecule has 6 nitrogen and oxygen atoms in total. The molecular formula is C21H19NO5. The molecule has 0 bridgehead atoms. The highest BCUT2D eigenvalue weighted by Crippen LogP contribution is 2.16. The lowest BCUT2D eigenvalue weighted by atomic mass is 10.1. The van der Waals surface area contributed by atoms with Crippen LogP contribution in [0.15, 0.2) is 72.3 Å². The second-order valence-corrected chi connectivity index (χ2v) is 5.97. The first-order valence-corrected chi connectivity index (χ1v) is 8.59. The maximum Gasteiger partial charge on any atom is 0.417 e. The first-order valence-electron chi connectivity index (χ1n) is 8.59. The molecule has 2 aromatic carbocycles. The maximum absolute atomic E-state index is 12.5. The van der Waals surface area contributed by atoms with E-state index in [-0.39, 0.29) is 25.3 Å². The Morgan fingerprint density at radius 2 is 1.41 bits per heavy atom. The summed E-state index contributed by atoms with van der Waals surface area (Å²) in [6, 6.07) is 18.3. The van der Waals surface area contributed by atoms with Gasteiger partial charge in [-0.1, -0.05) is 66.7 Å². The minimum atomic E-state index is -0.773. The van der Waals surface area contributed by atoms with Crippen LogP contribution in [-0.2, 0) is 32.3 Å². The SMILES string of the molecule is O=C(OCc1ccccc1)C1=CCCN(C(=O)OCc2ccccc2)C1=O. The zero-order chi connectivity index (χ0) is 19.1. The lowest BCUT2D eigenvalue weighted by molar-refractivity contribution is -0.143. The standard InChI is InChI=1S/C21H19NO5/c23-19-18(20(24)26-14-16-8-3-1-4-9-16)12-7-13-22(19)21(25)27-15-17-10-5-2-6-11-17/h1-6,8-12H,7,13-15H2. The van der Waals surface area contributed by atoms with Crippen LogP contribution in [0.2, 0.25) is 0 Å². The highest BCUT2D eigenvalue weighted by atomic mass is 16.6. The molecule has 1 aliphatic rings. The Hall–Kier alpha value is -3.41. The highest BCUT2D eigenvalue weighted by Gasteiger charge is 2.33.